The Labute approximate surface area is 148 Å². The van der Waals surface area contributed by atoms with Crippen LogP contribution in [0.3, 0.4) is 0 Å². The number of imidazole rings is 1. The number of amides is 1. The van der Waals surface area contributed by atoms with E-state index in [4.69, 9.17) is 4.74 Å². The molecule has 1 aliphatic heterocycles. The number of nitrogens with zero attached hydrogens (tertiary/aromatic N) is 4. The van der Waals surface area contributed by atoms with Crippen molar-refractivity contribution in [2.75, 3.05) is 31.2 Å². The second kappa shape index (κ2) is 8.11. The second-order valence-corrected chi connectivity index (χ2v) is 6.57. The Balaban J connectivity index is 1.62. The maximum Gasteiger partial charge on any atom is 0.270 e. The van der Waals surface area contributed by atoms with Crippen molar-refractivity contribution < 1.29 is 9.53 Å². The first-order valence-electron chi connectivity index (χ1n) is 8.70. The number of carbonyl (C=O) groups is 1. The van der Waals surface area contributed by atoms with E-state index in [0.29, 0.717) is 31.4 Å². The largest absolute Gasteiger partial charge is 0.378 e. The summed E-state index contributed by atoms with van der Waals surface area (Å²) in [6.07, 6.45) is 5.39. The fourth-order valence-corrected chi connectivity index (χ4v) is 2.88. The maximum atomic E-state index is 12.5. The molecule has 7 heteroatoms. The van der Waals surface area contributed by atoms with E-state index in [2.05, 4.69) is 38.6 Å². The number of aromatic nitrogens is 3. The molecule has 1 N–H and O–H groups in total. The summed E-state index contributed by atoms with van der Waals surface area (Å²) in [5.41, 5.74) is 1.43. The summed E-state index contributed by atoms with van der Waals surface area (Å²) < 4.78 is 7.44. The molecule has 1 saturated heterocycles. The van der Waals surface area contributed by atoms with E-state index >= 15 is 0 Å². The average molecular weight is 343 g/mol. The lowest BCUT2D eigenvalue weighted by molar-refractivity contribution is 0.0944. The Kier molecular flexibility index (Phi) is 5.65. The zero-order valence-electron chi connectivity index (χ0n) is 14.8. The van der Waals surface area contributed by atoms with Gasteiger partial charge in [-0.05, 0) is 18.1 Å². The fraction of sp³-hybridized carbons (Fsp3) is 0.500. The molecular weight excluding hydrogens is 318 g/mol. The number of morpholine rings is 1. The first kappa shape index (κ1) is 17.4. The molecule has 0 atom stereocenters. The predicted molar refractivity (Wildman–Crippen MR) is 95.5 cm³/mol. The summed E-state index contributed by atoms with van der Waals surface area (Å²) in [5, 5.41) is 2.92. The van der Waals surface area contributed by atoms with E-state index in [-0.39, 0.29) is 5.91 Å². The van der Waals surface area contributed by atoms with Crippen molar-refractivity contribution in [2.24, 2.45) is 5.92 Å². The van der Waals surface area contributed by atoms with Crippen molar-refractivity contribution in [2.45, 2.75) is 26.9 Å². The number of hydrogen-bond acceptors (Lipinski definition) is 5. The lowest BCUT2D eigenvalue weighted by atomic mass is 10.2. The second-order valence-electron chi connectivity index (χ2n) is 6.57. The molecule has 2 aromatic heterocycles. The topological polar surface area (TPSA) is 72.3 Å². The quantitative estimate of drug-likeness (QED) is 0.864. The Bertz CT molecular complexity index is 707. The highest BCUT2D eigenvalue weighted by atomic mass is 16.5. The summed E-state index contributed by atoms with van der Waals surface area (Å²) in [6.45, 7) is 8.67. The molecule has 0 saturated carbocycles. The minimum atomic E-state index is -0.186. The number of rotatable bonds is 6. The highest BCUT2D eigenvalue weighted by Crippen LogP contribution is 2.16. The zero-order chi connectivity index (χ0) is 17.6. The Morgan fingerprint density at radius 3 is 2.84 bits per heavy atom. The van der Waals surface area contributed by atoms with Crippen LogP contribution in [0.25, 0.3) is 0 Å². The molecule has 0 radical (unpaired) electrons. The minimum absolute atomic E-state index is 0.186. The van der Waals surface area contributed by atoms with Gasteiger partial charge in [0.15, 0.2) is 0 Å². The van der Waals surface area contributed by atoms with E-state index in [0.717, 1.165) is 31.1 Å². The standard InChI is InChI=1S/C18H25N5O2/c1-14(2)13-23-6-5-20-17(23)12-21-18(24)16-11-15(3-4-19-16)22-7-9-25-10-8-22/h3-6,11,14H,7-10,12-13H2,1-2H3,(H,21,24). The van der Waals surface area contributed by atoms with Gasteiger partial charge in [-0.3, -0.25) is 9.78 Å². The van der Waals surface area contributed by atoms with E-state index < -0.39 is 0 Å². The van der Waals surface area contributed by atoms with Gasteiger partial charge in [0.25, 0.3) is 5.91 Å². The molecule has 0 aliphatic carbocycles. The van der Waals surface area contributed by atoms with Crippen LogP contribution in [0, 0.1) is 5.92 Å². The van der Waals surface area contributed by atoms with Crippen LogP contribution in [-0.4, -0.2) is 46.7 Å². The van der Waals surface area contributed by atoms with Gasteiger partial charge in [0, 0.05) is 43.9 Å². The summed E-state index contributed by atoms with van der Waals surface area (Å²) >= 11 is 0. The number of nitrogens with one attached hydrogen (secondary N) is 1. The van der Waals surface area contributed by atoms with Crippen LogP contribution in [-0.2, 0) is 17.8 Å². The molecule has 0 aromatic carbocycles. The fourth-order valence-electron chi connectivity index (χ4n) is 2.88. The van der Waals surface area contributed by atoms with Crippen LogP contribution in [0.2, 0.25) is 0 Å². The summed E-state index contributed by atoms with van der Waals surface area (Å²) in [6, 6.07) is 3.76. The normalized spacial score (nSPS) is 14.8. The summed E-state index contributed by atoms with van der Waals surface area (Å²) in [4.78, 5) is 23.2. The van der Waals surface area contributed by atoms with Crippen LogP contribution in [0.15, 0.2) is 30.7 Å². The van der Waals surface area contributed by atoms with E-state index in [1.165, 1.54) is 0 Å². The molecule has 0 spiro atoms. The highest BCUT2D eigenvalue weighted by molar-refractivity contribution is 5.93. The molecule has 0 bridgehead atoms. The van der Waals surface area contributed by atoms with Crippen molar-refractivity contribution in [3.63, 3.8) is 0 Å². The highest BCUT2D eigenvalue weighted by Gasteiger charge is 2.15. The first-order chi connectivity index (χ1) is 12.1. The van der Waals surface area contributed by atoms with Gasteiger partial charge in [-0.1, -0.05) is 13.8 Å². The van der Waals surface area contributed by atoms with Crippen molar-refractivity contribution in [1.29, 1.82) is 0 Å². The maximum absolute atomic E-state index is 12.5. The molecule has 7 nitrogen and oxygen atoms in total. The summed E-state index contributed by atoms with van der Waals surface area (Å²) in [7, 11) is 0. The zero-order valence-corrected chi connectivity index (χ0v) is 14.8. The van der Waals surface area contributed by atoms with Crippen molar-refractivity contribution in [1.82, 2.24) is 19.9 Å². The summed E-state index contributed by atoms with van der Waals surface area (Å²) in [5.74, 6) is 1.19. The van der Waals surface area contributed by atoms with Crippen LogP contribution in [0.5, 0.6) is 0 Å². The minimum Gasteiger partial charge on any atom is -0.378 e. The van der Waals surface area contributed by atoms with Crippen molar-refractivity contribution in [3.8, 4) is 0 Å². The van der Waals surface area contributed by atoms with Gasteiger partial charge in [0.05, 0.1) is 19.8 Å². The van der Waals surface area contributed by atoms with Gasteiger partial charge in [0.2, 0.25) is 0 Å². The molecule has 2 aromatic rings. The molecule has 3 rings (SSSR count). The van der Waals surface area contributed by atoms with Gasteiger partial charge in [-0.15, -0.1) is 0 Å². The lowest BCUT2D eigenvalue weighted by Crippen LogP contribution is -2.36. The monoisotopic (exact) mass is 343 g/mol. The van der Waals surface area contributed by atoms with Crippen LogP contribution in [0.4, 0.5) is 5.69 Å². The van der Waals surface area contributed by atoms with Crippen molar-refractivity contribution in [3.05, 3.63) is 42.2 Å². The number of carbonyl (C=O) groups excluding carboxylic acids is 1. The molecule has 25 heavy (non-hydrogen) atoms. The van der Waals surface area contributed by atoms with Gasteiger partial charge in [-0.2, -0.15) is 0 Å². The van der Waals surface area contributed by atoms with Gasteiger partial charge in [0.1, 0.15) is 11.5 Å². The van der Waals surface area contributed by atoms with Gasteiger partial charge < -0.3 is 19.5 Å². The molecule has 1 aliphatic rings. The van der Waals surface area contributed by atoms with Gasteiger partial charge in [-0.25, -0.2) is 4.98 Å². The molecule has 134 valence electrons. The third kappa shape index (κ3) is 4.57. The van der Waals surface area contributed by atoms with Gasteiger partial charge >= 0.3 is 0 Å². The third-order valence-electron chi connectivity index (χ3n) is 4.12. The molecule has 1 amide bonds. The van der Waals surface area contributed by atoms with E-state index in [9.17, 15) is 4.79 Å². The van der Waals surface area contributed by atoms with E-state index in [1.807, 2.05) is 18.3 Å². The third-order valence-corrected chi connectivity index (χ3v) is 4.12. The molecule has 0 unspecified atom stereocenters. The Morgan fingerprint density at radius 2 is 2.08 bits per heavy atom. The predicted octanol–water partition coefficient (Wildman–Crippen LogP) is 1.70. The Hall–Kier alpha value is -2.41. The lowest BCUT2D eigenvalue weighted by Gasteiger charge is -2.28. The number of hydrogen-bond donors (Lipinski definition) is 1. The molecule has 3 heterocycles. The average Bonchev–Trinajstić information content (AvgIpc) is 3.07. The van der Waals surface area contributed by atoms with Crippen LogP contribution >= 0.6 is 0 Å². The number of ether oxygens (including phenoxy) is 1. The van der Waals surface area contributed by atoms with Crippen LogP contribution in [0.1, 0.15) is 30.2 Å². The molecule has 1 fully saturated rings. The SMILES string of the molecule is CC(C)Cn1ccnc1CNC(=O)c1cc(N2CCOCC2)ccn1. The number of pyridine rings is 1. The number of anilines is 1. The van der Waals surface area contributed by atoms with Crippen LogP contribution < -0.4 is 10.2 Å². The Morgan fingerprint density at radius 1 is 1.28 bits per heavy atom. The molecular formula is C18H25N5O2. The smallest absolute Gasteiger partial charge is 0.270 e. The van der Waals surface area contributed by atoms with E-state index in [1.54, 1.807) is 12.4 Å². The van der Waals surface area contributed by atoms with Crippen molar-refractivity contribution >= 4 is 11.6 Å². The first-order valence-corrected chi connectivity index (χ1v) is 8.70.